The van der Waals surface area contributed by atoms with E-state index in [0.717, 1.165) is 56.1 Å². The lowest BCUT2D eigenvalue weighted by atomic mass is 9.73. The number of hydrogen-bond donors (Lipinski definition) is 3. The van der Waals surface area contributed by atoms with Crippen LogP contribution in [-0.2, 0) is 27.2 Å². The quantitative estimate of drug-likeness (QED) is 0.322. The number of carbonyl (C=O) groups excluding carboxylic acids is 1. The number of fused-ring (bicyclic) bond motifs is 2. The smallest absolute Gasteiger partial charge is 0.341 e. The normalized spacial score (nSPS) is 25.6. The fourth-order valence-corrected chi connectivity index (χ4v) is 5.59. The highest BCUT2D eigenvalue weighted by molar-refractivity contribution is 5.74. The van der Waals surface area contributed by atoms with Gasteiger partial charge in [0.1, 0.15) is 18.0 Å². The van der Waals surface area contributed by atoms with E-state index in [1.54, 1.807) is 0 Å². The SMILES string of the molecule is CCCCC[C@H](O)CC[C@@H]1[C@H]2Cc3cccc(OCC(=O)O)c3C[C@H]2C[C@H]1OC(=O)[C@@H](C)O. The predicted octanol–water partition coefficient (Wildman–Crippen LogP) is 3.51. The first-order valence-corrected chi connectivity index (χ1v) is 12.3. The number of rotatable bonds is 12. The molecular formula is C26H38O7. The van der Waals surface area contributed by atoms with Gasteiger partial charge in [-0.15, -0.1) is 0 Å². The Morgan fingerprint density at radius 1 is 1.15 bits per heavy atom. The van der Waals surface area contributed by atoms with E-state index in [1.807, 2.05) is 12.1 Å². The molecule has 2 aliphatic rings. The third-order valence-electron chi connectivity index (χ3n) is 7.25. The summed E-state index contributed by atoms with van der Waals surface area (Å²) >= 11 is 0. The number of benzene rings is 1. The largest absolute Gasteiger partial charge is 0.482 e. The van der Waals surface area contributed by atoms with Crippen molar-refractivity contribution in [2.24, 2.45) is 17.8 Å². The van der Waals surface area contributed by atoms with Crippen LogP contribution in [0.5, 0.6) is 5.75 Å². The Morgan fingerprint density at radius 2 is 1.94 bits per heavy atom. The molecule has 0 aromatic heterocycles. The summed E-state index contributed by atoms with van der Waals surface area (Å²) in [7, 11) is 0. The van der Waals surface area contributed by atoms with Crippen LogP contribution in [0.15, 0.2) is 18.2 Å². The van der Waals surface area contributed by atoms with E-state index >= 15 is 0 Å². The standard InChI is InChI=1S/C26H38O7/c1-3-4-5-8-19(28)10-11-20-21-12-17-7-6-9-23(32-15-25(29)30)22(17)13-18(21)14-24(20)33-26(31)16(2)27/h6-7,9,16,18-21,24,27-28H,3-5,8,10-15H2,1-2H3,(H,29,30)/t16-,18+,19+,20-,21+,24-/m1/s1. The van der Waals surface area contributed by atoms with E-state index in [4.69, 9.17) is 14.6 Å². The van der Waals surface area contributed by atoms with Gasteiger partial charge in [0, 0.05) is 0 Å². The molecule has 0 saturated heterocycles. The molecule has 0 bridgehead atoms. The van der Waals surface area contributed by atoms with Crippen LogP contribution in [0.4, 0.5) is 0 Å². The molecule has 1 aromatic carbocycles. The minimum atomic E-state index is -1.17. The van der Waals surface area contributed by atoms with E-state index < -0.39 is 18.0 Å². The lowest BCUT2D eigenvalue weighted by Crippen LogP contribution is -2.32. The molecule has 1 saturated carbocycles. The molecule has 3 rings (SSSR count). The van der Waals surface area contributed by atoms with Gasteiger partial charge in [-0.05, 0) is 80.4 Å². The minimum Gasteiger partial charge on any atom is -0.482 e. The van der Waals surface area contributed by atoms with Gasteiger partial charge in [-0.1, -0.05) is 38.3 Å². The Hall–Kier alpha value is -2.12. The molecule has 6 atom stereocenters. The summed E-state index contributed by atoms with van der Waals surface area (Å²) in [6.07, 6.45) is 5.94. The highest BCUT2D eigenvalue weighted by Gasteiger charge is 2.47. The molecule has 7 nitrogen and oxygen atoms in total. The Kier molecular flexibility index (Phi) is 9.15. The molecule has 0 radical (unpaired) electrons. The Bertz CT molecular complexity index is 806. The summed E-state index contributed by atoms with van der Waals surface area (Å²) in [6, 6.07) is 5.76. The average molecular weight is 463 g/mol. The van der Waals surface area contributed by atoms with E-state index in [0.29, 0.717) is 24.5 Å². The van der Waals surface area contributed by atoms with E-state index in [1.165, 1.54) is 6.92 Å². The first-order valence-electron chi connectivity index (χ1n) is 12.3. The zero-order valence-corrected chi connectivity index (χ0v) is 19.7. The van der Waals surface area contributed by atoms with Gasteiger partial charge in [0.25, 0.3) is 0 Å². The Morgan fingerprint density at radius 3 is 2.64 bits per heavy atom. The number of aliphatic hydroxyl groups excluding tert-OH is 2. The van der Waals surface area contributed by atoms with Crippen molar-refractivity contribution < 1.29 is 34.4 Å². The van der Waals surface area contributed by atoms with Crippen LogP contribution in [0.25, 0.3) is 0 Å². The van der Waals surface area contributed by atoms with Crippen molar-refractivity contribution in [2.75, 3.05) is 6.61 Å². The lowest BCUT2D eigenvalue weighted by molar-refractivity contribution is -0.160. The molecule has 3 N–H and O–H groups in total. The molecule has 0 amide bonds. The van der Waals surface area contributed by atoms with Gasteiger partial charge in [0.05, 0.1) is 6.10 Å². The van der Waals surface area contributed by atoms with Crippen molar-refractivity contribution in [3.8, 4) is 5.75 Å². The van der Waals surface area contributed by atoms with Crippen molar-refractivity contribution in [1.82, 2.24) is 0 Å². The first kappa shape index (κ1) is 25.5. The van der Waals surface area contributed by atoms with Gasteiger partial charge < -0.3 is 24.8 Å². The number of aliphatic carboxylic acids is 1. The molecule has 0 heterocycles. The predicted molar refractivity (Wildman–Crippen MR) is 123 cm³/mol. The topological polar surface area (TPSA) is 113 Å². The van der Waals surface area contributed by atoms with E-state index in [-0.39, 0.29) is 30.7 Å². The second-order valence-corrected chi connectivity index (χ2v) is 9.69. The van der Waals surface area contributed by atoms with E-state index in [2.05, 4.69) is 13.0 Å². The summed E-state index contributed by atoms with van der Waals surface area (Å²) in [5.41, 5.74) is 2.19. The van der Waals surface area contributed by atoms with Crippen molar-refractivity contribution in [1.29, 1.82) is 0 Å². The second kappa shape index (κ2) is 11.8. The van der Waals surface area contributed by atoms with Crippen molar-refractivity contribution in [3.63, 3.8) is 0 Å². The maximum absolute atomic E-state index is 12.2. The van der Waals surface area contributed by atoms with Gasteiger partial charge in [0.15, 0.2) is 6.61 Å². The summed E-state index contributed by atoms with van der Waals surface area (Å²) in [5.74, 6) is -0.293. The third-order valence-corrected chi connectivity index (χ3v) is 7.25. The maximum Gasteiger partial charge on any atom is 0.341 e. The molecule has 0 spiro atoms. The van der Waals surface area contributed by atoms with Gasteiger partial charge >= 0.3 is 11.9 Å². The number of carbonyl (C=O) groups is 2. The fourth-order valence-electron chi connectivity index (χ4n) is 5.59. The van der Waals surface area contributed by atoms with Crippen LogP contribution in [-0.4, -0.2) is 52.2 Å². The molecule has 2 aliphatic carbocycles. The van der Waals surface area contributed by atoms with Crippen LogP contribution in [0.1, 0.15) is 69.9 Å². The number of unbranched alkanes of at least 4 members (excludes halogenated alkanes) is 2. The average Bonchev–Trinajstić information content (AvgIpc) is 3.10. The first-order chi connectivity index (χ1) is 15.8. The third kappa shape index (κ3) is 6.70. The fraction of sp³-hybridized carbons (Fsp3) is 0.692. The van der Waals surface area contributed by atoms with Crippen molar-refractivity contribution >= 4 is 11.9 Å². The van der Waals surface area contributed by atoms with Crippen LogP contribution in [0, 0.1) is 17.8 Å². The monoisotopic (exact) mass is 462 g/mol. The molecule has 1 fully saturated rings. The highest BCUT2D eigenvalue weighted by Crippen LogP contribution is 2.49. The summed E-state index contributed by atoms with van der Waals surface area (Å²) < 4.78 is 11.3. The molecule has 0 unspecified atom stereocenters. The summed E-state index contributed by atoms with van der Waals surface area (Å²) in [5, 5.41) is 29.1. The maximum atomic E-state index is 12.2. The van der Waals surface area contributed by atoms with Crippen molar-refractivity contribution in [3.05, 3.63) is 29.3 Å². The van der Waals surface area contributed by atoms with Crippen LogP contribution < -0.4 is 4.74 Å². The number of carboxylic acid groups (broad SMARTS) is 1. The lowest BCUT2D eigenvalue weighted by Gasteiger charge is -2.32. The number of aliphatic hydroxyl groups is 2. The van der Waals surface area contributed by atoms with Crippen molar-refractivity contribution in [2.45, 2.75) is 89.9 Å². The number of ether oxygens (including phenoxy) is 2. The molecule has 0 aliphatic heterocycles. The van der Waals surface area contributed by atoms with Gasteiger partial charge in [-0.3, -0.25) is 0 Å². The molecule has 33 heavy (non-hydrogen) atoms. The van der Waals surface area contributed by atoms with Crippen LogP contribution in [0.3, 0.4) is 0 Å². The van der Waals surface area contributed by atoms with Gasteiger partial charge in [-0.2, -0.15) is 0 Å². The molecule has 1 aromatic rings. The molecule has 184 valence electrons. The molecular weight excluding hydrogens is 424 g/mol. The van der Waals surface area contributed by atoms with E-state index in [9.17, 15) is 19.8 Å². The van der Waals surface area contributed by atoms with Gasteiger partial charge in [-0.25, -0.2) is 9.59 Å². The zero-order valence-electron chi connectivity index (χ0n) is 19.7. The summed E-state index contributed by atoms with van der Waals surface area (Å²) in [6.45, 7) is 3.18. The second-order valence-electron chi connectivity index (χ2n) is 9.69. The Balaban J connectivity index is 1.74. The van der Waals surface area contributed by atoms with Crippen LogP contribution in [0.2, 0.25) is 0 Å². The molecule has 7 heteroatoms. The number of hydrogen-bond acceptors (Lipinski definition) is 6. The zero-order chi connectivity index (χ0) is 24.0. The number of carboxylic acids is 1. The minimum absolute atomic E-state index is 0.121. The van der Waals surface area contributed by atoms with Gasteiger partial charge in [0.2, 0.25) is 0 Å². The van der Waals surface area contributed by atoms with Crippen LogP contribution >= 0.6 is 0 Å². The summed E-state index contributed by atoms with van der Waals surface area (Å²) in [4.78, 5) is 23.1. The Labute approximate surface area is 196 Å². The highest BCUT2D eigenvalue weighted by atomic mass is 16.6. The number of esters is 1.